The van der Waals surface area contributed by atoms with Crippen LogP contribution in [0.25, 0.3) is 0 Å². The molecular formula is C17H20ClNOS. The Morgan fingerprint density at radius 1 is 1.38 bits per heavy atom. The van der Waals surface area contributed by atoms with E-state index in [-0.39, 0.29) is 0 Å². The van der Waals surface area contributed by atoms with Gasteiger partial charge in [0.15, 0.2) is 0 Å². The maximum Gasteiger partial charge on any atom is 0.138 e. The van der Waals surface area contributed by atoms with Crippen molar-refractivity contribution >= 4 is 28.6 Å². The molecule has 1 heterocycles. The average Bonchev–Trinajstić information content (AvgIpc) is 3.18. The van der Waals surface area contributed by atoms with E-state index in [9.17, 15) is 0 Å². The molecule has 1 atom stereocenters. The van der Waals surface area contributed by atoms with E-state index in [1.165, 1.54) is 17.7 Å². The average molecular weight is 322 g/mol. The van der Waals surface area contributed by atoms with Crippen LogP contribution in [-0.2, 0) is 0 Å². The maximum absolute atomic E-state index is 6.31. The minimum absolute atomic E-state index is 0.406. The van der Waals surface area contributed by atoms with Gasteiger partial charge in [-0.25, -0.2) is 0 Å². The minimum atomic E-state index is 0.406. The zero-order chi connectivity index (χ0) is 14.7. The first kappa shape index (κ1) is 14.7. The van der Waals surface area contributed by atoms with Gasteiger partial charge < -0.3 is 10.1 Å². The number of anilines is 1. The number of hydrogen-bond donors (Lipinski definition) is 1. The van der Waals surface area contributed by atoms with Crippen LogP contribution in [0, 0.1) is 5.92 Å². The lowest BCUT2D eigenvalue weighted by Gasteiger charge is -2.19. The Bertz CT molecular complexity index is 580. The van der Waals surface area contributed by atoms with E-state index in [0.29, 0.717) is 17.7 Å². The number of nitrogens with one attached hydrogen (secondary N) is 1. The van der Waals surface area contributed by atoms with Crippen molar-refractivity contribution in [3.8, 4) is 5.75 Å². The lowest BCUT2D eigenvalue weighted by atomic mass is 10.1. The molecule has 0 aliphatic heterocycles. The first-order chi connectivity index (χ1) is 10.3. The quantitative estimate of drug-likeness (QED) is 0.700. The van der Waals surface area contributed by atoms with Crippen molar-refractivity contribution in [1.29, 1.82) is 0 Å². The molecule has 1 N–H and O–H groups in total. The van der Waals surface area contributed by atoms with Crippen LogP contribution < -0.4 is 10.1 Å². The Kier molecular flexibility index (Phi) is 4.71. The predicted octanol–water partition coefficient (Wildman–Crippen LogP) is 5.75. The third kappa shape index (κ3) is 3.72. The van der Waals surface area contributed by atoms with E-state index in [2.05, 4.69) is 35.8 Å². The first-order valence-electron chi connectivity index (χ1n) is 7.50. The van der Waals surface area contributed by atoms with Gasteiger partial charge in [0.25, 0.3) is 0 Å². The van der Waals surface area contributed by atoms with Gasteiger partial charge in [-0.3, -0.25) is 0 Å². The van der Waals surface area contributed by atoms with Gasteiger partial charge in [0.1, 0.15) is 5.75 Å². The topological polar surface area (TPSA) is 21.3 Å². The van der Waals surface area contributed by atoms with Crippen LogP contribution in [0.2, 0.25) is 5.02 Å². The van der Waals surface area contributed by atoms with Gasteiger partial charge in [-0.1, -0.05) is 24.6 Å². The Morgan fingerprint density at radius 2 is 2.24 bits per heavy atom. The largest absolute Gasteiger partial charge is 0.492 e. The van der Waals surface area contributed by atoms with Crippen LogP contribution in [0.3, 0.4) is 0 Å². The summed E-state index contributed by atoms with van der Waals surface area (Å²) in [6.45, 7) is 2.79. The van der Waals surface area contributed by atoms with E-state index >= 15 is 0 Å². The van der Waals surface area contributed by atoms with Crippen LogP contribution in [-0.4, -0.2) is 6.61 Å². The van der Waals surface area contributed by atoms with Crippen molar-refractivity contribution < 1.29 is 4.74 Å². The summed E-state index contributed by atoms with van der Waals surface area (Å²) in [4.78, 5) is 1.40. The highest BCUT2D eigenvalue weighted by atomic mass is 35.5. The van der Waals surface area contributed by atoms with E-state index in [0.717, 1.165) is 23.8 Å². The Morgan fingerprint density at radius 3 is 2.86 bits per heavy atom. The van der Waals surface area contributed by atoms with Gasteiger partial charge in [-0.05, 0) is 54.8 Å². The highest BCUT2D eigenvalue weighted by molar-refractivity contribution is 7.10. The zero-order valence-corrected chi connectivity index (χ0v) is 13.7. The van der Waals surface area contributed by atoms with Crippen LogP contribution in [0.4, 0.5) is 5.69 Å². The summed E-state index contributed by atoms with van der Waals surface area (Å²) in [6.07, 6.45) is 3.60. The molecule has 1 aromatic heterocycles. The van der Waals surface area contributed by atoms with E-state index in [1.54, 1.807) is 0 Å². The molecule has 2 nitrogen and oxygen atoms in total. The normalized spacial score (nSPS) is 15.7. The summed E-state index contributed by atoms with van der Waals surface area (Å²) in [5.74, 6) is 1.52. The highest BCUT2D eigenvalue weighted by Gasteiger charge is 2.32. The van der Waals surface area contributed by atoms with Gasteiger partial charge in [-0.15, -0.1) is 11.3 Å². The number of halogens is 1. The monoisotopic (exact) mass is 321 g/mol. The molecule has 1 saturated carbocycles. The van der Waals surface area contributed by atoms with Crippen LogP contribution >= 0.6 is 22.9 Å². The second-order valence-electron chi connectivity index (χ2n) is 5.47. The molecule has 0 bridgehead atoms. The second kappa shape index (κ2) is 6.71. The van der Waals surface area contributed by atoms with Crippen molar-refractivity contribution in [2.45, 2.75) is 32.2 Å². The molecule has 4 heteroatoms. The zero-order valence-electron chi connectivity index (χ0n) is 12.1. The van der Waals surface area contributed by atoms with Crippen LogP contribution in [0.15, 0.2) is 35.7 Å². The van der Waals surface area contributed by atoms with Gasteiger partial charge in [-0.2, -0.15) is 0 Å². The highest BCUT2D eigenvalue weighted by Crippen LogP contribution is 2.44. The molecule has 1 aromatic carbocycles. The molecule has 0 saturated heterocycles. The Balaban J connectivity index is 1.73. The standard InChI is InChI=1S/C17H20ClNOS/c1-2-9-20-15-8-7-13(11-14(15)18)19-17(12-5-6-12)16-4-3-10-21-16/h3-4,7-8,10-12,17,19H,2,5-6,9H2,1H3. The third-order valence-electron chi connectivity index (χ3n) is 3.66. The van der Waals surface area contributed by atoms with Gasteiger partial charge >= 0.3 is 0 Å². The lowest BCUT2D eigenvalue weighted by Crippen LogP contribution is -2.11. The van der Waals surface area contributed by atoms with Crippen molar-refractivity contribution in [3.05, 3.63) is 45.6 Å². The molecule has 1 unspecified atom stereocenters. The van der Waals surface area contributed by atoms with E-state index in [4.69, 9.17) is 16.3 Å². The van der Waals surface area contributed by atoms with E-state index < -0.39 is 0 Å². The van der Waals surface area contributed by atoms with E-state index in [1.807, 2.05) is 23.5 Å². The minimum Gasteiger partial charge on any atom is -0.492 e. The number of ether oxygens (including phenoxy) is 1. The fourth-order valence-corrected chi connectivity index (χ4v) is 3.52. The SMILES string of the molecule is CCCOc1ccc(NC(c2cccs2)C2CC2)cc1Cl. The summed E-state index contributed by atoms with van der Waals surface area (Å²) in [5, 5.41) is 6.45. The molecule has 21 heavy (non-hydrogen) atoms. The predicted molar refractivity (Wildman–Crippen MR) is 90.6 cm³/mol. The lowest BCUT2D eigenvalue weighted by molar-refractivity contribution is 0.317. The van der Waals surface area contributed by atoms with Crippen molar-refractivity contribution in [2.75, 3.05) is 11.9 Å². The van der Waals surface area contributed by atoms with Crippen molar-refractivity contribution in [2.24, 2.45) is 5.92 Å². The Labute approximate surface area is 135 Å². The number of thiophene rings is 1. The van der Waals surface area contributed by atoms with Gasteiger partial charge in [0.2, 0.25) is 0 Å². The molecule has 112 valence electrons. The molecule has 1 fully saturated rings. The number of benzene rings is 1. The summed E-state index contributed by atoms with van der Waals surface area (Å²) in [7, 11) is 0. The molecular weight excluding hydrogens is 302 g/mol. The summed E-state index contributed by atoms with van der Waals surface area (Å²) in [5.41, 5.74) is 1.06. The fraction of sp³-hybridized carbons (Fsp3) is 0.412. The molecule has 2 aromatic rings. The molecule has 0 spiro atoms. The van der Waals surface area contributed by atoms with Gasteiger partial charge in [0.05, 0.1) is 17.7 Å². The Hall–Kier alpha value is -1.19. The summed E-state index contributed by atoms with van der Waals surface area (Å²) < 4.78 is 5.62. The summed E-state index contributed by atoms with van der Waals surface area (Å²) in [6, 6.07) is 10.7. The van der Waals surface area contributed by atoms with Crippen molar-refractivity contribution in [3.63, 3.8) is 0 Å². The molecule has 0 radical (unpaired) electrons. The fourth-order valence-electron chi connectivity index (χ4n) is 2.42. The maximum atomic E-state index is 6.31. The summed E-state index contributed by atoms with van der Waals surface area (Å²) >= 11 is 8.12. The van der Waals surface area contributed by atoms with Crippen molar-refractivity contribution in [1.82, 2.24) is 0 Å². The third-order valence-corrected chi connectivity index (χ3v) is 4.91. The van der Waals surface area contributed by atoms with Crippen LogP contribution in [0.5, 0.6) is 5.75 Å². The molecule has 1 aliphatic rings. The molecule has 3 rings (SSSR count). The molecule has 0 amide bonds. The number of rotatable bonds is 7. The van der Waals surface area contributed by atoms with Crippen LogP contribution in [0.1, 0.15) is 37.1 Å². The second-order valence-corrected chi connectivity index (χ2v) is 6.85. The first-order valence-corrected chi connectivity index (χ1v) is 8.76. The molecule has 1 aliphatic carbocycles. The smallest absolute Gasteiger partial charge is 0.138 e. The number of hydrogen-bond acceptors (Lipinski definition) is 3. The van der Waals surface area contributed by atoms with Gasteiger partial charge in [0, 0.05) is 10.6 Å².